The molecule has 36 heavy (non-hydrogen) atoms. The highest BCUT2D eigenvalue weighted by Crippen LogP contribution is 2.35. The molecule has 2 N–H and O–H groups in total. The largest absolute Gasteiger partial charge is 0.458 e. The molecule has 3 rings (SSSR count). The number of nitrogens with one attached hydrogen (secondary N) is 2. The summed E-state index contributed by atoms with van der Waals surface area (Å²) >= 11 is 3.28. The Labute approximate surface area is 219 Å². The van der Waals surface area contributed by atoms with Crippen LogP contribution in [0.4, 0.5) is 0 Å². The normalized spacial score (nSPS) is 19.3. The van der Waals surface area contributed by atoms with Gasteiger partial charge in [0.2, 0.25) is 0 Å². The maximum atomic E-state index is 13.0. The molecule has 2 aromatic carbocycles. The summed E-state index contributed by atoms with van der Waals surface area (Å²) < 4.78 is 11.8. The predicted molar refractivity (Wildman–Crippen MR) is 137 cm³/mol. The van der Waals surface area contributed by atoms with Gasteiger partial charge in [-0.2, -0.15) is 0 Å². The van der Waals surface area contributed by atoms with E-state index in [-0.39, 0.29) is 23.1 Å². The van der Waals surface area contributed by atoms with Gasteiger partial charge in [0.15, 0.2) is 6.61 Å². The minimum atomic E-state index is -0.839. The molecule has 0 unspecified atom stereocenters. The third-order valence-corrected chi connectivity index (χ3v) is 6.87. The van der Waals surface area contributed by atoms with Crippen molar-refractivity contribution in [3.8, 4) is 0 Å². The molecule has 0 aromatic heterocycles. The number of carbonyl (C=O) groups is 4. The summed E-state index contributed by atoms with van der Waals surface area (Å²) in [5, 5.41) is 0. The number of hydrazine groups is 1. The van der Waals surface area contributed by atoms with Gasteiger partial charge >= 0.3 is 11.9 Å². The summed E-state index contributed by atoms with van der Waals surface area (Å²) in [6.45, 7) is 5.76. The van der Waals surface area contributed by atoms with Crippen molar-refractivity contribution in [1.29, 1.82) is 0 Å². The third kappa shape index (κ3) is 7.40. The van der Waals surface area contributed by atoms with E-state index in [2.05, 4.69) is 47.6 Å². The molecule has 8 nitrogen and oxygen atoms in total. The first kappa shape index (κ1) is 27.4. The summed E-state index contributed by atoms with van der Waals surface area (Å²) in [5.74, 6) is -1.58. The zero-order valence-electron chi connectivity index (χ0n) is 20.6. The molecule has 0 heterocycles. The van der Waals surface area contributed by atoms with Gasteiger partial charge in [-0.05, 0) is 67.0 Å². The van der Waals surface area contributed by atoms with Gasteiger partial charge in [-0.15, -0.1) is 0 Å². The smallest absolute Gasteiger partial charge is 0.339 e. The maximum Gasteiger partial charge on any atom is 0.339 e. The second kappa shape index (κ2) is 12.7. The molecule has 1 saturated carbocycles. The van der Waals surface area contributed by atoms with Crippen LogP contribution in [0.15, 0.2) is 53.0 Å². The van der Waals surface area contributed by atoms with Crippen LogP contribution in [-0.4, -0.2) is 36.5 Å². The fourth-order valence-electron chi connectivity index (χ4n) is 4.34. The summed E-state index contributed by atoms with van der Waals surface area (Å²) in [6, 6.07) is 12.8. The van der Waals surface area contributed by atoms with Crippen LogP contribution in [0.2, 0.25) is 0 Å². The Hall–Kier alpha value is -3.20. The molecule has 2 amide bonds. The van der Waals surface area contributed by atoms with E-state index >= 15 is 0 Å². The lowest BCUT2D eigenvalue weighted by atomic mass is 9.75. The highest BCUT2D eigenvalue weighted by molar-refractivity contribution is 9.10. The predicted octanol–water partition coefficient (Wildman–Crippen LogP) is 4.68. The number of esters is 2. The molecule has 1 aliphatic carbocycles. The minimum Gasteiger partial charge on any atom is -0.458 e. The van der Waals surface area contributed by atoms with Crippen LogP contribution in [0.5, 0.6) is 0 Å². The van der Waals surface area contributed by atoms with Crippen molar-refractivity contribution in [2.24, 2.45) is 17.8 Å². The number of benzene rings is 2. The van der Waals surface area contributed by atoms with E-state index in [0.717, 1.165) is 23.7 Å². The number of ether oxygens (including phenoxy) is 2. The van der Waals surface area contributed by atoms with Gasteiger partial charge in [0.1, 0.15) is 6.10 Å². The Morgan fingerprint density at radius 2 is 1.58 bits per heavy atom. The molecule has 9 heteroatoms. The van der Waals surface area contributed by atoms with Crippen LogP contribution in [0.25, 0.3) is 0 Å². The number of amides is 2. The van der Waals surface area contributed by atoms with Crippen LogP contribution < -0.4 is 10.9 Å². The minimum absolute atomic E-state index is 0.0131. The molecular formula is C27H31BrN2O6. The highest BCUT2D eigenvalue weighted by Gasteiger charge is 2.34. The molecule has 3 atom stereocenters. The number of carbonyl (C=O) groups excluding carboxylic acids is 4. The van der Waals surface area contributed by atoms with E-state index in [1.807, 2.05) is 0 Å². The quantitative estimate of drug-likeness (QED) is 0.377. The van der Waals surface area contributed by atoms with Crippen LogP contribution >= 0.6 is 15.9 Å². The van der Waals surface area contributed by atoms with E-state index in [9.17, 15) is 19.2 Å². The lowest BCUT2D eigenvalue weighted by Gasteiger charge is -2.36. The lowest BCUT2D eigenvalue weighted by Crippen LogP contribution is -2.43. The van der Waals surface area contributed by atoms with Crippen molar-refractivity contribution in [1.82, 2.24) is 10.9 Å². The second-order valence-electron chi connectivity index (χ2n) is 9.40. The van der Waals surface area contributed by atoms with E-state index in [1.54, 1.807) is 36.4 Å². The number of hydrogen-bond donors (Lipinski definition) is 2. The molecule has 192 valence electrons. The summed E-state index contributed by atoms with van der Waals surface area (Å²) in [6.07, 6.45) is 2.66. The third-order valence-electron chi connectivity index (χ3n) is 6.34. The Bertz CT molecular complexity index is 1100. The Balaban J connectivity index is 1.56. The topological polar surface area (TPSA) is 111 Å². The van der Waals surface area contributed by atoms with Gasteiger partial charge in [0.05, 0.1) is 11.1 Å². The van der Waals surface area contributed by atoms with Crippen LogP contribution in [-0.2, 0) is 14.3 Å². The molecular weight excluding hydrogens is 528 g/mol. The summed E-state index contributed by atoms with van der Waals surface area (Å²) in [7, 11) is 0. The standard InChI is InChI=1S/C27H31BrN2O6/c1-16(2)20-13-8-17(3)14-23(20)36-27(34)22-7-5-4-6-21(22)26(33)35-15-24(31)29-30-25(32)18-9-11-19(28)12-10-18/h4-7,9-12,16-17,20,23H,8,13-15H2,1-3H3,(H,29,31)(H,30,32)/t17-,20-,23+/m1/s1. The van der Waals surface area contributed by atoms with Gasteiger partial charge in [-0.3, -0.25) is 20.4 Å². The van der Waals surface area contributed by atoms with E-state index in [0.29, 0.717) is 17.4 Å². The fraction of sp³-hybridized carbons (Fsp3) is 0.407. The van der Waals surface area contributed by atoms with Gasteiger partial charge in [-0.25, -0.2) is 9.59 Å². The Morgan fingerprint density at radius 1 is 0.944 bits per heavy atom. The SMILES string of the molecule is CC(C)[C@H]1CC[C@@H](C)C[C@@H]1OC(=O)c1ccccc1C(=O)OCC(=O)NNC(=O)c1ccc(Br)cc1. The number of hydrogen-bond acceptors (Lipinski definition) is 6. The molecule has 0 bridgehead atoms. The fourth-order valence-corrected chi connectivity index (χ4v) is 4.60. The van der Waals surface area contributed by atoms with Crippen molar-refractivity contribution < 1.29 is 28.7 Å². The molecule has 1 fully saturated rings. The van der Waals surface area contributed by atoms with Gasteiger partial charge < -0.3 is 9.47 Å². The van der Waals surface area contributed by atoms with Gasteiger partial charge in [-0.1, -0.05) is 55.3 Å². The highest BCUT2D eigenvalue weighted by atomic mass is 79.9. The van der Waals surface area contributed by atoms with Crippen molar-refractivity contribution in [3.05, 3.63) is 69.7 Å². The molecule has 2 aromatic rings. The molecule has 0 spiro atoms. The zero-order valence-corrected chi connectivity index (χ0v) is 22.2. The van der Waals surface area contributed by atoms with Crippen molar-refractivity contribution in [3.63, 3.8) is 0 Å². The molecule has 0 saturated heterocycles. The first-order chi connectivity index (χ1) is 17.2. The number of halogens is 1. The Kier molecular flexibility index (Phi) is 9.64. The van der Waals surface area contributed by atoms with E-state index in [4.69, 9.17) is 9.47 Å². The van der Waals surface area contributed by atoms with Crippen molar-refractivity contribution in [2.75, 3.05) is 6.61 Å². The first-order valence-corrected chi connectivity index (χ1v) is 12.8. The molecule has 0 aliphatic heterocycles. The lowest BCUT2D eigenvalue weighted by molar-refractivity contribution is -0.125. The Morgan fingerprint density at radius 3 is 2.22 bits per heavy atom. The first-order valence-electron chi connectivity index (χ1n) is 12.0. The molecule has 0 radical (unpaired) electrons. The molecule has 1 aliphatic rings. The monoisotopic (exact) mass is 558 g/mol. The van der Waals surface area contributed by atoms with Gasteiger partial charge in [0.25, 0.3) is 11.8 Å². The van der Waals surface area contributed by atoms with Crippen LogP contribution in [0.3, 0.4) is 0 Å². The van der Waals surface area contributed by atoms with Crippen molar-refractivity contribution in [2.45, 2.75) is 46.1 Å². The second-order valence-corrected chi connectivity index (χ2v) is 10.3. The van der Waals surface area contributed by atoms with Crippen LogP contribution in [0.1, 0.15) is 71.1 Å². The summed E-state index contributed by atoms with van der Waals surface area (Å²) in [4.78, 5) is 49.9. The maximum absolute atomic E-state index is 13.0. The van der Waals surface area contributed by atoms with E-state index in [1.165, 1.54) is 12.1 Å². The van der Waals surface area contributed by atoms with Crippen LogP contribution in [0, 0.1) is 17.8 Å². The summed E-state index contributed by atoms with van der Waals surface area (Å²) in [5.41, 5.74) is 4.89. The van der Waals surface area contributed by atoms with Crippen molar-refractivity contribution >= 4 is 39.7 Å². The van der Waals surface area contributed by atoms with Gasteiger partial charge in [0, 0.05) is 10.0 Å². The average molecular weight is 559 g/mol. The van der Waals surface area contributed by atoms with E-state index < -0.39 is 30.4 Å². The average Bonchev–Trinajstić information content (AvgIpc) is 2.86. The number of rotatable bonds is 7. The zero-order chi connectivity index (χ0) is 26.2.